The summed E-state index contributed by atoms with van der Waals surface area (Å²) in [5.74, 6) is 0.737. The van der Waals surface area contributed by atoms with Crippen molar-refractivity contribution in [2.45, 2.75) is 0 Å². The van der Waals surface area contributed by atoms with Crippen LogP contribution in [0.5, 0.6) is 0 Å². The van der Waals surface area contributed by atoms with Crippen LogP contribution in [0.2, 0.25) is 5.02 Å². The molecule has 0 radical (unpaired) electrons. The van der Waals surface area contributed by atoms with Gasteiger partial charge in [-0.15, -0.1) is 0 Å². The van der Waals surface area contributed by atoms with Gasteiger partial charge in [-0.3, -0.25) is 0 Å². The SMILES string of the molecule is Clc1cccc(Nc2ncnc3[nH]c(-c4ccc(-c5ccccc5)cc4)cc23)c1. The van der Waals surface area contributed by atoms with Crippen LogP contribution in [0.4, 0.5) is 11.5 Å². The van der Waals surface area contributed by atoms with Crippen molar-refractivity contribution >= 4 is 34.1 Å². The highest BCUT2D eigenvalue weighted by Gasteiger charge is 2.10. The van der Waals surface area contributed by atoms with E-state index in [0.717, 1.165) is 33.8 Å². The van der Waals surface area contributed by atoms with Crippen LogP contribution in [-0.4, -0.2) is 15.0 Å². The molecule has 5 aromatic rings. The molecule has 5 rings (SSSR count). The largest absolute Gasteiger partial charge is 0.340 e. The quantitative estimate of drug-likeness (QED) is 0.356. The van der Waals surface area contributed by atoms with E-state index >= 15 is 0 Å². The van der Waals surface area contributed by atoms with Gasteiger partial charge in [0.2, 0.25) is 0 Å². The van der Waals surface area contributed by atoms with Crippen LogP contribution in [0.3, 0.4) is 0 Å². The minimum absolute atomic E-state index is 0.675. The normalized spacial score (nSPS) is 10.9. The zero-order valence-electron chi connectivity index (χ0n) is 15.4. The maximum absolute atomic E-state index is 6.09. The molecule has 2 aromatic heterocycles. The van der Waals surface area contributed by atoms with E-state index in [1.165, 1.54) is 11.1 Å². The van der Waals surface area contributed by atoms with E-state index in [1.54, 1.807) is 6.33 Å². The Labute approximate surface area is 173 Å². The summed E-state index contributed by atoms with van der Waals surface area (Å²) < 4.78 is 0. The zero-order chi connectivity index (χ0) is 19.6. The lowest BCUT2D eigenvalue weighted by molar-refractivity contribution is 1.20. The number of nitrogens with zero attached hydrogens (tertiary/aromatic N) is 2. The third-order valence-electron chi connectivity index (χ3n) is 4.82. The second kappa shape index (κ2) is 7.41. The van der Waals surface area contributed by atoms with E-state index in [-0.39, 0.29) is 0 Å². The van der Waals surface area contributed by atoms with Gasteiger partial charge in [0, 0.05) is 16.4 Å². The minimum atomic E-state index is 0.675. The van der Waals surface area contributed by atoms with Crippen molar-refractivity contribution in [2.24, 2.45) is 0 Å². The predicted octanol–water partition coefficient (Wildman–Crippen LogP) is 6.69. The number of benzene rings is 3. The molecular weight excluding hydrogens is 380 g/mol. The highest BCUT2D eigenvalue weighted by Crippen LogP contribution is 2.30. The molecule has 0 amide bonds. The van der Waals surface area contributed by atoms with Gasteiger partial charge in [0.1, 0.15) is 17.8 Å². The van der Waals surface area contributed by atoms with Gasteiger partial charge in [0.05, 0.1) is 5.39 Å². The molecule has 2 heterocycles. The highest BCUT2D eigenvalue weighted by molar-refractivity contribution is 6.30. The first-order valence-electron chi connectivity index (χ1n) is 9.28. The molecule has 29 heavy (non-hydrogen) atoms. The van der Waals surface area contributed by atoms with E-state index in [9.17, 15) is 0 Å². The maximum Gasteiger partial charge on any atom is 0.143 e. The first-order chi connectivity index (χ1) is 14.3. The molecule has 2 N–H and O–H groups in total. The van der Waals surface area contributed by atoms with E-state index in [0.29, 0.717) is 5.02 Å². The van der Waals surface area contributed by atoms with E-state index in [1.807, 2.05) is 42.5 Å². The van der Waals surface area contributed by atoms with Gasteiger partial charge in [-0.05, 0) is 41.0 Å². The highest BCUT2D eigenvalue weighted by atomic mass is 35.5. The molecule has 3 aromatic carbocycles. The summed E-state index contributed by atoms with van der Waals surface area (Å²) in [5.41, 5.74) is 6.15. The van der Waals surface area contributed by atoms with Crippen LogP contribution in [0, 0.1) is 0 Å². The number of aromatic amines is 1. The Kier molecular flexibility index (Phi) is 4.47. The number of hydrogen-bond acceptors (Lipinski definition) is 3. The zero-order valence-corrected chi connectivity index (χ0v) is 16.2. The number of aromatic nitrogens is 3. The topological polar surface area (TPSA) is 53.6 Å². The second-order valence-electron chi connectivity index (χ2n) is 6.75. The predicted molar refractivity (Wildman–Crippen MR) is 119 cm³/mol. The molecule has 0 spiro atoms. The molecule has 0 saturated carbocycles. The van der Waals surface area contributed by atoms with E-state index in [4.69, 9.17) is 11.6 Å². The molecule has 0 unspecified atom stereocenters. The third-order valence-corrected chi connectivity index (χ3v) is 5.05. The fraction of sp³-hybridized carbons (Fsp3) is 0. The molecule has 0 aliphatic heterocycles. The van der Waals surface area contributed by atoms with Crippen molar-refractivity contribution in [1.82, 2.24) is 15.0 Å². The van der Waals surface area contributed by atoms with Crippen LogP contribution in [-0.2, 0) is 0 Å². The van der Waals surface area contributed by atoms with Crippen molar-refractivity contribution in [3.05, 3.63) is 96.3 Å². The van der Waals surface area contributed by atoms with Crippen molar-refractivity contribution in [3.63, 3.8) is 0 Å². The fourth-order valence-corrected chi connectivity index (χ4v) is 3.56. The van der Waals surface area contributed by atoms with Gasteiger partial charge in [-0.2, -0.15) is 0 Å². The van der Waals surface area contributed by atoms with Gasteiger partial charge in [0.25, 0.3) is 0 Å². The van der Waals surface area contributed by atoms with Gasteiger partial charge < -0.3 is 10.3 Å². The molecule has 140 valence electrons. The van der Waals surface area contributed by atoms with Crippen LogP contribution >= 0.6 is 11.6 Å². The average Bonchev–Trinajstić information content (AvgIpc) is 3.20. The number of anilines is 2. The molecule has 0 bridgehead atoms. The smallest absolute Gasteiger partial charge is 0.143 e. The lowest BCUT2D eigenvalue weighted by Crippen LogP contribution is -1.94. The molecule has 0 saturated heterocycles. The Bertz CT molecular complexity index is 1280. The summed E-state index contributed by atoms with van der Waals surface area (Å²) in [6, 6.07) is 28.5. The van der Waals surface area contributed by atoms with Crippen LogP contribution < -0.4 is 5.32 Å². The molecular formula is C24H17ClN4. The van der Waals surface area contributed by atoms with Gasteiger partial charge in [-0.1, -0.05) is 72.3 Å². The Balaban J connectivity index is 1.49. The molecule has 0 fully saturated rings. The summed E-state index contributed by atoms with van der Waals surface area (Å²) in [5, 5.41) is 4.93. The van der Waals surface area contributed by atoms with Crippen molar-refractivity contribution in [1.29, 1.82) is 0 Å². The third kappa shape index (κ3) is 3.58. The summed E-state index contributed by atoms with van der Waals surface area (Å²) in [6.45, 7) is 0. The van der Waals surface area contributed by atoms with Crippen molar-refractivity contribution in [2.75, 3.05) is 5.32 Å². The van der Waals surface area contributed by atoms with Gasteiger partial charge >= 0.3 is 0 Å². The Morgan fingerprint density at radius 3 is 2.28 bits per heavy atom. The standard InChI is InChI=1S/C24H17ClN4/c25-19-7-4-8-20(13-19)28-23-21-14-22(29-24(21)27-15-26-23)18-11-9-17(10-12-18)16-5-2-1-3-6-16/h1-15H,(H2,26,27,28,29). The molecule has 5 heteroatoms. The first kappa shape index (κ1) is 17.5. The summed E-state index contributed by atoms with van der Waals surface area (Å²) >= 11 is 6.09. The van der Waals surface area contributed by atoms with E-state index in [2.05, 4.69) is 62.7 Å². The van der Waals surface area contributed by atoms with Crippen LogP contribution in [0.15, 0.2) is 91.3 Å². The number of H-pyrrole nitrogens is 1. The Morgan fingerprint density at radius 2 is 1.48 bits per heavy atom. The van der Waals surface area contributed by atoms with E-state index < -0.39 is 0 Å². The number of halogens is 1. The second-order valence-corrected chi connectivity index (χ2v) is 7.18. The summed E-state index contributed by atoms with van der Waals surface area (Å²) in [4.78, 5) is 12.2. The number of rotatable bonds is 4. The number of hydrogen-bond donors (Lipinski definition) is 2. The van der Waals surface area contributed by atoms with Gasteiger partial charge in [0.15, 0.2) is 0 Å². The lowest BCUT2D eigenvalue weighted by atomic mass is 10.0. The molecule has 0 aliphatic rings. The number of fused-ring (bicyclic) bond motifs is 1. The minimum Gasteiger partial charge on any atom is -0.340 e. The first-order valence-corrected chi connectivity index (χ1v) is 9.66. The lowest BCUT2D eigenvalue weighted by Gasteiger charge is -2.06. The van der Waals surface area contributed by atoms with Crippen LogP contribution in [0.1, 0.15) is 0 Å². The Hall–Kier alpha value is -3.63. The average molecular weight is 397 g/mol. The molecule has 0 atom stereocenters. The monoisotopic (exact) mass is 396 g/mol. The fourth-order valence-electron chi connectivity index (χ4n) is 3.37. The maximum atomic E-state index is 6.09. The summed E-state index contributed by atoms with van der Waals surface area (Å²) in [7, 11) is 0. The van der Waals surface area contributed by atoms with Crippen molar-refractivity contribution < 1.29 is 0 Å². The van der Waals surface area contributed by atoms with Crippen molar-refractivity contribution in [3.8, 4) is 22.4 Å². The Morgan fingerprint density at radius 1 is 0.724 bits per heavy atom. The number of nitrogens with one attached hydrogen (secondary N) is 2. The molecule has 4 nitrogen and oxygen atoms in total. The van der Waals surface area contributed by atoms with Gasteiger partial charge in [-0.25, -0.2) is 9.97 Å². The molecule has 0 aliphatic carbocycles. The summed E-state index contributed by atoms with van der Waals surface area (Å²) in [6.07, 6.45) is 1.55. The van der Waals surface area contributed by atoms with Crippen LogP contribution in [0.25, 0.3) is 33.4 Å².